The van der Waals surface area contributed by atoms with Crippen LogP contribution >= 0.6 is 0 Å². The molecule has 0 aliphatic heterocycles. The first-order valence-electron chi connectivity index (χ1n) is 7.58. The van der Waals surface area contributed by atoms with E-state index in [9.17, 15) is 0 Å². The van der Waals surface area contributed by atoms with E-state index in [1.165, 1.54) is 15.6 Å². The fourth-order valence-corrected chi connectivity index (χ4v) is 7.97. The zero-order chi connectivity index (χ0) is 15.2. The van der Waals surface area contributed by atoms with Gasteiger partial charge in [-0.3, -0.25) is 0 Å². The first-order valence-corrected chi connectivity index (χ1v) is 11.3. The Balaban J connectivity index is 2.04. The van der Waals surface area contributed by atoms with Gasteiger partial charge in [0.05, 0.1) is 0 Å². The smallest absolute Gasteiger partial charge is 0.180 e. The molecule has 3 heteroatoms. The summed E-state index contributed by atoms with van der Waals surface area (Å²) in [6.07, 6.45) is 0. The summed E-state index contributed by atoms with van der Waals surface area (Å²) in [6, 6.07) is 32.2. The summed E-state index contributed by atoms with van der Waals surface area (Å²) in [5.41, 5.74) is 0. The van der Waals surface area contributed by atoms with Crippen LogP contribution in [0.4, 0.5) is 0 Å². The highest BCUT2D eigenvalue weighted by molar-refractivity contribution is 6.84. The lowest BCUT2D eigenvalue weighted by Crippen LogP contribution is -2.38. The summed E-state index contributed by atoms with van der Waals surface area (Å²) in [4.78, 5) is 0. The van der Waals surface area contributed by atoms with Crippen LogP contribution in [0.25, 0.3) is 0 Å². The van der Waals surface area contributed by atoms with Crippen molar-refractivity contribution in [3.05, 3.63) is 91.0 Å². The zero-order valence-corrected chi connectivity index (χ0v) is 14.8. The van der Waals surface area contributed by atoms with Crippen molar-refractivity contribution in [1.29, 1.82) is 0 Å². The van der Waals surface area contributed by atoms with Crippen molar-refractivity contribution in [2.24, 2.45) is 4.30 Å². The molecule has 0 bridgehead atoms. The second-order valence-electron chi connectivity index (χ2n) is 5.30. The van der Waals surface area contributed by atoms with Crippen molar-refractivity contribution in [2.75, 3.05) is 0 Å². The average molecular weight is 318 g/mol. The topological polar surface area (TPSA) is 12.4 Å². The first kappa shape index (κ1) is 14.8. The Morgan fingerprint density at radius 3 is 1.50 bits per heavy atom. The summed E-state index contributed by atoms with van der Waals surface area (Å²) >= 11 is 0. The van der Waals surface area contributed by atoms with Gasteiger partial charge in [0.2, 0.25) is 0 Å². The monoisotopic (exact) mass is 317 g/mol. The largest absolute Gasteiger partial charge is 0.357 e. The van der Waals surface area contributed by atoms with E-state index in [4.69, 9.17) is 4.30 Å². The van der Waals surface area contributed by atoms with Crippen molar-refractivity contribution in [2.45, 2.75) is 6.55 Å². The lowest BCUT2D eigenvalue weighted by molar-refractivity contribution is 1.67. The Labute approximate surface area is 135 Å². The normalized spacial score (nSPS) is 11.7. The van der Waals surface area contributed by atoms with E-state index in [2.05, 4.69) is 97.5 Å². The van der Waals surface area contributed by atoms with Crippen LogP contribution in [0.3, 0.4) is 0 Å². The standard InChI is InChI=1S/C19H19NSi2/c1-21(17-11-5-2-6-12-17)20-22(18-13-7-3-8-14-18)19-15-9-4-10-16-19/h2-16,21H,1H3. The van der Waals surface area contributed by atoms with Crippen LogP contribution in [0.15, 0.2) is 95.3 Å². The minimum absolute atomic E-state index is 1.06. The van der Waals surface area contributed by atoms with Gasteiger partial charge in [0.15, 0.2) is 17.5 Å². The van der Waals surface area contributed by atoms with E-state index in [0.29, 0.717) is 0 Å². The average Bonchev–Trinajstić information content (AvgIpc) is 2.62. The molecule has 108 valence electrons. The third kappa shape index (κ3) is 3.56. The van der Waals surface area contributed by atoms with Gasteiger partial charge >= 0.3 is 0 Å². The zero-order valence-electron chi connectivity index (χ0n) is 12.7. The van der Waals surface area contributed by atoms with E-state index in [1.54, 1.807) is 0 Å². The Morgan fingerprint density at radius 1 is 0.636 bits per heavy atom. The van der Waals surface area contributed by atoms with Gasteiger partial charge < -0.3 is 4.30 Å². The molecular weight excluding hydrogens is 298 g/mol. The third-order valence-corrected chi connectivity index (χ3v) is 9.39. The lowest BCUT2D eigenvalue weighted by Gasteiger charge is -2.11. The summed E-state index contributed by atoms with van der Waals surface area (Å²) in [5, 5.41) is 4.15. The van der Waals surface area contributed by atoms with Gasteiger partial charge in [-0.1, -0.05) is 91.0 Å². The molecule has 1 unspecified atom stereocenters. The molecule has 3 aromatic carbocycles. The lowest BCUT2D eigenvalue weighted by atomic mass is 10.4. The van der Waals surface area contributed by atoms with Gasteiger partial charge in [-0.25, -0.2) is 0 Å². The molecule has 1 atom stereocenters. The highest BCUT2D eigenvalue weighted by atomic mass is 28.3. The van der Waals surface area contributed by atoms with Crippen LogP contribution in [-0.2, 0) is 0 Å². The summed E-state index contributed by atoms with van der Waals surface area (Å²) in [7, 11) is -2.35. The maximum absolute atomic E-state index is 5.33. The molecule has 0 saturated carbocycles. The fraction of sp³-hybridized carbons (Fsp3) is 0.0526. The van der Waals surface area contributed by atoms with E-state index < -0.39 is 17.5 Å². The molecule has 22 heavy (non-hydrogen) atoms. The van der Waals surface area contributed by atoms with Crippen molar-refractivity contribution >= 4 is 33.1 Å². The maximum Gasteiger partial charge on any atom is 0.180 e. The minimum Gasteiger partial charge on any atom is -0.357 e. The fourth-order valence-electron chi connectivity index (χ4n) is 2.51. The highest BCUT2D eigenvalue weighted by Gasteiger charge is 2.12. The molecule has 1 nitrogen and oxygen atoms in total. The molecular formula is C19H19NSi2. The SMILES string of the molecule is C[SiH](N=[Si](c1ccccc1)c1ccccc1)c1ccccc1. The van der Waals surface area contributed by atoms with Crippen LogP contribution in [0.1, 0.15) is 0 Å². The van der Waals surface area contributed by atoms with Crippen LogP contribution < -0.4 is 15.6 Å². The van der Waals surface area contributed by atoms with Crippen LogP contribution in [0.5, 0.6) is 0 Å². The van der Waals surface area contributed by atoms with Gasteiger partial charge in [0.1, 0.15) is 0 Å². The molecule has 3 rings (SSSR count). The summed E-state index contributed by atoms with van der Waals surface area (Å²) in [6.45, 7) is 2.33. The second-order valence-corrected chi connectivity index (χ2v) is 10.2. The Bertz CT molecular complexity index is 699. The number of hydrogen-bond acceptors (Lipinski definition) is 1. The summed E-state index contributed by atoms with van der Waals surface area (Å²) < 4.78 is 5.33. The Hall–Kier alpha value is -2.11. The molecule has 0 aliphatic carbocycles. The maximum atomic E-state index is 5.33. The molecule has 0 spiro atoms. The van der Waals surface area contributed by atoms with E-state index in [1.807, 2.05) is 0 Å². The summed E-state index contributed by atoms with van der Waals surface area (Å²) in [5.74, 6) is 0. The molecule has 0 saturated heterocycles. The number of rotatable bonds is 4. The van der Waals surface area contributed by atoms with Gasteiger partial charge in [-0.2, -0.15) is 0 Å². The quantitative estimate of drug-likeness (QED) is 0.655. The van der Waals surface area contributed by atoms with E-state index in [0.717, 1.165) is 0 Å². The van der Waals surface area contributed by atoms with Crippen molar-refractivity contribution in [3.63, 3.8) is 0 Å². The molecule has 3 aromatic rings. The van der Waals surface area contributed by atoms with Crippen molar-refractivity contribution in [1.82, 2.24) is 0 Å². The molecule has 0 radical (unpaired) electrons. The second kappa shape index (κ2) is 7.25. The van der Waals surface area contributed by atoms with Crippen molar-refractivity contribution in [3.8, 4) is 0 Å². The number of benzene rings is 3. The van der Waals surface area contributed by atoms with Gasteiger partial charge in [-0.05, 0) is 22.1 Å². The van der Waals surface area contributed by atoms with E-state index >= 15 is 0 Å². The predicted molar refractivity (Wildman–Crippen MR) is 99.4 cm³/mol. The Morgan fingerprint density at radius 2 is 1.05 bits per heavy atom. The van der Waals surface area contributed by atoms with Crippen LogP contribution in [0, 0.1) is 0 Å². The highest BCUT2D eigenvalue weighted by Crippen LogP contribution is 1.94. The number of hydrogen-bond donors (Lipinski definition) is 0. The van der Waals surface area contributed by atoms with Crippen molar-refractivity contribution < 1.29 is 0 Å². The molecule has 0 heterocycles. The van der Waals surface area contributed by atoms with Gasteiger partial charge in [0.25, 0.3) is 0 Å². The predicted octanol–water partition coefficient (Wildman–Crippen LogP) is 2.32. The molecule has 0 aliphatic rings. The third-order valence-electron chi connectivity index (χ3n) is 3.70. The minimum atomic E-state index is -1.29. The van der Waals surface area contributed by atoms with Gasteiger partial charge in [0, 0.05) is 0 Å². The molecule has 0 N–H and O–H groups in total. The molecule has 0 aromatic heterocycles. The van der Waals surface area contributed by atoms with Gasteiger partial charge in [-0.15, -0.1) is 0 Å². The number of nitrogens with zero attached hydrogens (tertiary/aromatic N) is 1. The Kier molecular flexibility index (Phi) is 4.88. The van der Waals surface area contributed by atoms with E-state index in [-0.39, 0.29) is 0 Å². The molecule has 0 amide bonds. The first-order chi connectivity index (χ1) is 10.8. The molecule has 0 fully saturated rings. The van der Waals surface area contributed by atoms with Crippen LogP contribution in [-0.4, -0.2) is 17.5 Å². The van der Waals surface area contributed by atoms with Crippen LogP contribution in [0.2, 0.25) is 6.55 Å².